The van der Waals surface area contributed by atoms with E-state index in [1.807, 2.05) is 0 Å². The van der Waals surface area contributed by atoms with Gasteiger partial charge in [-0.3, -0.25) is 4.79 Å². The molecule has 14 heteroatoms. The number of likely N-dealkylation sites (N-methyl/N-ethyl adjacent to an activating group) is 1. The van der Waals surface area contributed by atoms with E-state index in [0.29, 0.717) is 37.0 Å². The maximum absolute atomic E-state index is 13.3. The minimum absolute atomic E-state index is 0.0814. The molecule has 1 unspecified atom stereocenters. The average Bonchev–Trinajstić information content (AvgIpc) is 3.79. The average molecular weight is 571 g/mol. The normalized spacial score (nSPS) is 21.0. The van der Waals surface area contributed by atoms with E-state index in [-0.39, 0.29) is 29.1 Å². The molecule has 2 aliphatic heterocycles. The molecule has 0 bridgehead atoms. The summed E-state index contributed by atoms with van der Waals surface area (Å²) in [6.45, 7) is 4.20. The van der Waals surface area contributed by atoms with Crippen molar-refractivity contribution in [2.24, 2.45) is 0 Å². The lowest BCUT2D eigenvalue weighted by Gasteiger charge is -2.49. The number of aliphatic hydroxyl groups excluding tert-OH is 1. The van der Waals surface area contributed by atoms with E-state index >= 15 is 0 Å². The van der Waals surface area contributed by atoms with Crippen molar-refractivity contribution < 1.29 is 27.8 Å². The van der Waals surface area contributed by atoms with Gasteiger partial charge < -0.3 is 25.0 Å². The lowest BCUT2D eigenvalue weighted by molar-refractivity contribution is -0.145. The van der Waals surface area contributed by atoms with Gasteiger partial charge in [-0.1, -0.05) is 6.07 Å². The minimum Gasteiger partial charge on any atom is -0.435 e. The first-order valence-corrected chi connectivity index (χ1v) is 13.4. The number of amides is 1. The Morgan fingerprint density at radius 2 is 1.98 bits per heavy atom. The highest BCUT2D eigenvalue weighted by molar-refractivity contribution is 6.08. The maximum Gasteiger partial charge on any atom is 0.451 e. The number of hydrogen-bond donors (Lipinski definition) is 2. The van der Waals surface area contributed by atoms with Crippen LogP contribution in [0.1, 0.15) is 61.8 Å². The Balaban J connectivity index is 1.18. The van der Waals surface area contributed by atoms with Gasteiger partial charge in [-0.25, -0.2) is 19.9 Å². The number of aromatic nitrogens is 5. The summed E-state index contributed by atoms with van der Waals surface area (Å²) < 4.78 is 45.0. The van der Waals surface area contributed by atoms with Crippen molar-refractivity contribution in [3.8, 4) is 11.6 Å². The van der Waals surface area contributed by atoms with E-state index in [1.165, 1.54) is 0 Å². The van der Waals surface area contributed by atoms with Crippen molar-refractivity contribution in [1.29, 1.82) is 0 Å². The van der Waals surface area contributed by atoms with E-state index < -0.39 is 23.6 Å². The van der Waals surface area contributed by atoms with Crippen LogP contribution < -0.4 is 19.9 Å². The topological polar surface area (TPSA) is 129 Å². The number of aryl methyl sites for hydroxylation is 1. The predicted molar refractivity (Wildman–Crippen MR) is 142 cm³/mol. The van der Waals surface area contributed by atoms with Gasteiger partial charge >= 0.3 is 6.18 Å². The largest absolute Gasteiger partial charge is 0.451 e. The zero-order chi connectivity index (χ0) is 29.1. The molecule has 1 amide bonds. The van der Waals surface area contributed by atoms with Crippen LogP contribution in [0.15, 0.2) is 24.5 Å². The van der Waals surface area contributed by atoms with Crippen LogP contribution in [-0.4, -0.2) is 61.2 Å². The third-order valence-corrected chi connectivity index (χ3v) is 7.97. The van der Waals surface area contributed by atoms with E-state index in [2.05, 4.69) is 25.3 Å². The predicted octanol–water partition coefficient (Wildman–Crippen LogP) is 3.83. The van der Waals surface area contributed by atoms with E-state index in [0.717, 1.165) is 36.7 Å². The molecule has 3 aliphatic rings. The zero-order valence-electron chi connectivity index (χ0n) is 22.7. The quantitative estimate of drug-likeness (QED) is 0.432. The van der Waals surface area contributed by atoms with Crippen LogP contribution in [0.3, 0.4) is 0 Å². The van der Waals surface area contributed by atoms with Gasteiger partial charge in [0.15, 0.2) is 11.6 Å². The Bertz CT molecular complexity index is 1500. The molecule has 6 rings (SSSR count). The molecular weight excluding hydrogens is 541 g/mol. The number of alkyl halides is 3. The molecule has 1 saturated carbocycles. The Kier molecular flexibility index (Phi) is 6.47. The van der Waals surface area contributed by atoms with Gasteiger partial charge in [-0.15, -0.1) is 0 Å². The zero-order valence-corrected chi connectivity index (χ0v) is 22.7. The first-order valence-electron chi connectivity index (χ1n) is 13.4. The van der Waals surface area contributed by atoms with Gasteiger partial charge in [0.05, 0.1) is 23.7 Å². The van der Waals surface area contributed by atoms with Crippen LogP contribution in [0.2, 0.25) is 0 Å². The fraction of sp³-hybridized carbons (Fsp3) is 0.481. The molecule has 1 fully saturated rings. The van der Waals surface area contributed by atoms with Crippen molar-refractivity contribution in [3.63, 3.8) is 0 Å². The number of carbonyl (C=O) groups is 1. The second-order valence-electron chi connectivity index (χ2n) is 10.8. The summed E-state index contributed by atoms with van der Waals surface area (Å²) in [7, 11) is 1.75. The number of nitrogens with one attached hydrogen (secondary N) is 1. The van der Waals surface area contributed by atoms with Gasteiger partial charge in [0.2, 0.25) is 17.7 Å². The van der Waals surface area contributed by atoms with Crippen molar-refractivity contribution in [3.05, 3.63) is 47.3 Å². The summed E-state index contributed by atoms with van der Waals surface area (Å²) in [5.41, 5.74) is 1.32. The maximum atomic E-state index is 13.3. The van der Waals surface area contributed by atoms with Gasteiger partial charge in [0.25, 0.3) is 5.91 Å². The minimum atomic E-state index is -4.63. The number of ether oxygens (including phenoxy) is 1. The molecular formula is C27H29F3N8O3. The van der Waals surface area contributed by atoms with Crippen molar-refractivity contribution in [2.45, 2.75) is 69.8 Å². The number of aliphatic hydroxyl groups is 1. The second-order valence-corrected chi connectivity index (χ2v) is 10.8. The van der Waals surface area contributed by atoms with Gasteiger partial charge in [0, 0.05) is 38.3 Å². The fourth-order valence-electron chi connectivity index (χ4n) is 5.19. The number of pyridine rings is 1. The SMILES string of the molecule is C[C@H](O)C1(C)C(=O)N2CCCc3nc(NCc4ccc(Oc5cnc(C(F)(F)F)nc5C5CC5)nc4)nc(c32)N1C. The number of rotatable bonds is 7. The van der Waals surface area contributed by atoms with Crippen LogP contribution in [0, 0.1) is 0 Å². The molecule has 0 saturated heterocycles. The summed E-state index contributed by atoms with van der Waals surface area (Å²) in [6, 6.07) is 3.39. The van der Waals surface area contributed by atoms with Crippen LogP contribution in [0.5, 0.6) is 11.6 Å². The highest BCUT2D eigenvalue weighted by Gasteiger charge is 2.52. The van der Waals surface area contributed by atoms with Crippen LogP contribution in [-0.2, 0) is 23.9 Å². The first kappa shape index (κ1) is 27.1. The van der Waals surface area contributed by atoms with Gasteiger partial charge in [-0.05, 0) is 45.1 Å². The molecule has 3 aromatic rings. The molecule has 3 aromatic heterocycles. The Morgan fingerprint density at radius 3 is 2.63 bits per heavy atom. The van der Waals surface area contributed by atoms with Crippen molar-refractivity contribution in [1.82, 2.24) is 24.9 Å². The Hall–Kier alpha value is -4.07. The first-order chi connectivity index (χ1) is 19.5. The number of hydrogen-bond acceptors (Lipinski definition) is 10. The Morgan fingerprint density at radius 1 is 1.20 bits per heavy atom. The van der Waals surface area contributed by atoms with Crippen molar-refractivity contribution in [2.75, 3.05) is 28.7 Å². The third-order valence-electron chi connectivity index (χ3n) is 7.97. The lowest BCUT2D eigenvalue weighted by Crippen LogP contribution is -2.66. The molecule has 0 spiro atoms. The van der Waals surface area contributed by atoms with Crippen LogP contribution in [0.4, 0.5) is 30.6 Å². The van der Waals surface area contributed by atoms with Crippen LogP contribution in [0.25, 0.3) is 0 Å². The Labute approximate surface area is 233 Å². The smallest absolute Gasteiger partial charge is 0.435 e. The fourth-order valence-corrected chi connectivity index (χ4v) is 5.19. The molecule has 216 valence electrons. The van der Waals surface area contributed by atoms with Crippen LogP contribution >= 0.6 is 0 Å². The molecule has 2 atom stereocenters. The highest BCUT2D eigenvalue weighted by atomic mass is 19.4. The summed E-state index contributed by atoms with van der Waals surface area (Å²) in [5, 5.41) is 13.7. The lowest BCUT2D eigenvalue weighted by atomic mass is 9.87. The van der Waals surface area contributed by atoms with Gasteiger partial charge in [-0.2, -0.15) is 18.2 Å². The van der Waals surface area contributed by atoms with E-state index in [9.17, 15) is 23.1 Å². The third kappa shape index (κ3) is 4.79. The molecule has 41 heavy (non-hydrogen) atoms. The molecule has 0 radical (unpaired) electrons. The molecule has 0 aromatic carbocycles. The molecule has 5 heterocycles. The summed E-state index contributed by atoms with van der Waals surface area (Å²) in [6.07, 6.45) is 0.0373. The molecule has 1 aliphatic carbocycles. The summed E-state index contributed by atoms with van der Waals surface area (Å²) in [4.78, 5) is 37.5. The molecule has 11 nitrogen and oxygen atoms in total. The number of carbonyl (C=O) groups excluding carboxylic acids is 1. The number of anilines is 3. The van der Waals surface area contributed by atoms with E-state index in [1.54, 1.807) is 49.0 Å². The standard InChI is InChI=1S/C27H29F3N8O3/c1-14(39)26(2)24(40)38-10-4-5-17-21(38)22(37(26)3)36-25(34-17)33-12-15-6-9-19(31-11-15)41-18-13-32-23(27(28,29)30)35-20(18)16-7-8-16/h6,9,11,13-14,16,39H,4-5,7-8,10,12H2,1-3H3,(H,33,34,36)/t14-,26?/m0/s1. The monoisotopic (exact) mass is 570 g/mol. The van der Waals surface area contributed by atoms with E-state index in [4.69, 9.17) is 9.72 Å². The van der Waals surface area contributed by atoms with Crippen molar-refractivity contribution >= 4 is 23.4 Å². The number of nitrogens with zero attached hydrogens (tertiary/aromatic N) is 7. The highest BCUT2D eigenvalue weighted by Crippen LogP contribution is 2.45. The number of halogens is 3. The molecule has 2 N–H and O–H groups in total. The second kappa shape index (κ2) is 9.79. The summed E-state index contributed by atoms with van der Waals surface area (Å²) >= 11 is 0. The van der Waals surface area contributed by atoms with Gasteiger partial charge in [0.1, 0.15) is 11.2 Å². The summed E-state index contributed by atoms with van der Waals surface area (Å²) in [5.74, 6) is -0.109.